The molecule has 148 valence electrons. The summed E-state index contributed by atoms with van der Waals surface area (Å²) in [6, 6.07) is 0. The molecule has 0 aliphatic heterocycles. The van der Waals surface area contributed by atoms with Crippen LogP contribution in [-0.4, -0.2) is 12.4 Å². The fourth-order valence-electron chi connectivity index (χ4n) is 0.462. The first-order valence-electron chi connectivity index (χ1n) is 4.57. The number of rotatable bonds is 0. The van der Waals surface area contributed by atoms with Crippen molar-refractivity contribution in [3.8, 4) is 11.8 Å². The summed E-state index contributed by atoms with van der Waals surface area (Å²) >= 11 is 0. The van der Waals surface area contributed by atoms with Gasteiger partial charge in [-0.2, -0.15) is 26.3 Å². The molecule has 13 heteroatoms. The van der Waals surface area contributed by atoms with Crippen LogP contribution in [0, 0.1) is 77.2 Å². The van der Waals surface area contributed by atoms with Crippen LogP contribution in [0.4, 0.5) is 26.3 Å². The maximum absolute atomic E-state index is 10.9. The van der Waals surface area contributed by atoms with Gasteiger partial charge in [0.1, 0.15) is 0 Å². The fraction of sp³-hybridized carbons (Fsp3) is 0.143. The minimum absolute atomic E-state index is 0. The Bertz CT molecular complexity index is 366. The summed E-state index contributed by atoms with van der Waals surface area (Å²) < 4.78 is 103. The van der Waals surface area contributed by atoms with Crippen molar-refractivity contribution >= 4 is 0 Å². The Morgan fingerprint density at radius 3 is 0.667 bits per heavy atom. The Morgan fingerprint density at radius 1 is 0.481 bits per heavy atom. The SMILES string of the molecule is FC(F)(F)C#CC(F)(F)F.[C-]#[O+].[C-]#[O+].[C-]#[O+].[C-]#[O+].[C-]#[O+].[CH]1[CH][CH][CH][CH]1.[Co].[Mo]. The normalized spacial score (nSPS) is 9.33. The smallest absolute Gasteiger partial charge is 0 e. The molecule has 0 unspecified atom stereocenters. The first-order chi connectivity index (χ1) is 11.7. The molecule has 0 atom stereocenters. The maximum atomic E-state index is 10.9. The van der Waals surface area contributed by atoms with Crippen LogP contribution < -0.4 is 0 Å². The molecule has 0 amide bonds. The van der Waals surface area contributed by atoms with E-state index in [2.05, 4.69) is 33.3 Å². The largest absolute Gasteiger partial charge is 0.0312 e. The Labute approximate surface area is 177 Å². The molecule has 1 aliphatic carbocycles. The van der Waals surface area contributed by atoms with Gasteiger partial charge in [0.2, 0.25) is 0 Å². The molecule has 0 N–H and O–H groups in total. The van der Waals surface area contributed by atoms with Gasteiger partial charge in [-0.15, -0.1) is 0 Å². The van der Waals surface area contributed by atoms with Crippen molar-refractivity contribution < 1.29 is 87.4 Å². The zero-order valence-corrected chi connectivity index (χ0v) is 15.5. The first-order valence-corrected chi connectivity index (χ1v) is 4.57. The molecule has 0 aromatic rings. The predicted octanol–water partition coefficient (Wildman–Crippen LogP) is 2.94. The van der Waals surface area contributed by atoms with E-state index in [0.717, 1.165) is 0 Å². The van der Waals surface area contributed by atoms with E-state index in [-0.39, 0.29) is 49.7 Å². The third kappa shape index (κ3) is 109. The first kappa shape index (κ1) is 50.2. The second-order valence-electron chi connectivity index (χ2n) is 2.21. The Balaban J connectivity index is -0.0000000303. The molecular formula is C14H5CoF6MoO5. The van der Waals surface area contributed by atoms with Gasteiger partial charge >= 0.3 is 68.9 Å². The summed E-state index contributed by atoms with van der Waals surface area (Å²) in [4.78, 5) is 0. The van der Waals surface area contributed by atoms with Crippen LogP contribution in [0.25, 0.3) is 0 Å². The second-order valence-corrected chi connectivity index (χ2v) is 2.21. The van der Waals surface area contributed by atoms with E-state index in [4.69, 9.17) is 23.3 Å². The van der Waals surface area contributed by atoms with Crippen molar-refractivity contribution in [3.63, 3.8) is 0 Å². The van der Waals surface area contributed by atoms with E-state index in [1.807, 2.05) is 32.1 Å². The molecular weight excluding hydrogens is 517 g/mol. The standard InChI is InChI=1S/C5H5.C4F6.5CO.Co.Mo/c1-2-4-5-3-1;5-3(6,7)1-2-4(8,9)10;5*1-2;;/h1-5H;;;;;;;;. The van der Waals surface area contributed by atoms with E-state index in [1.165, 1.54) is 0 Å². The van der Waals surface area contributed by atoms with E-state index in [9.17, 15) is 26.3 Å². The molecule has 1 fully saturated rings. The van der Waals surface area contributed by atoms with E-state index in [0.29, 0.717) is 0 Å². The van der Waals surface area contributed by atoms with Crippen LogP contribution in [0.5, 0.6) is 0 Å². The zero-order valence-electron chi connectivity index (χ0n) is 12.4. The molecule has 0 spiro atoms. The number of hydrogen-bond acceptors (Lipinski definition) is 0. The molecule has 0 heterocycles. The van der Waals surface area contributed by atoms with Gasteiger partial charge in [0.15, 0.2) is 0 Å². The molecule has 0 aromatic heterocycles. The van der Waals surface area contributed by atoms with Crippen LogP contribution in [0.1, 0.15) is 0 Å². The Kier molecular flexibility index (Phi) is 82.6. The molecule has 0 saturated heterocycles. The predicted molar refractivity (Wildman–Crippen MR) is 61.0 cm³/mol. The van der Waals surface area contributed by atoms with Gasteiger partial charge in [0.25, 0.3) is 0 Å². The molecule has 5 nitrogen and oxygen atoms in total. The molecule has 1 aliphatic rings. The Hall–Kier alpha value is -0.965. The summed E-state index contributed by atoms with van der Waals surface area (Å²) in [5.74, 6) is 0.174. The van der Waals surface area contributed by atoms with Crippen molar-refractivity contribution in [2.45, 2.75) is 12.4 Å². The maximum Gasteiger partial charge on any atom is 0 e. The topological polar surface area (TPSA) is 99.5 Å². The third-order valence-corrected chi connectivity index (χ3v) is 0.902. The number of alkyl halides is 6. The van der Waals surface area contributed by atoms with Crippen LogP contribution in [0.15, 0.2) is 0 Å². The zero-order chi connectivity index (χ0) is 21.9. The summed E-state index contributed by atoms with van der Waals surface area (Å²) in [5.41, 5.74) is 0. The molecule has 0 bridgehead atoms. The second kappa shape index (κ2) is 44.5. The molecule has 1 rings (SSSR count). The van der Waals surface area contributed by atoms with Gasteiger partial charge in [-0.05, 0) is 32.1 Å². The van der Waals surface area contributed by atoms with Gasteiger partial charge in [-0.25, -0.2) is 0 Å². The number of halogens is 6. The molecule has 1 saturated carbocycles. The van der Waals surface area contributed by atoms with Crippen LogP contribution in [-0.2, 0) is 61.1 Å². The summed E-state index contributed by atoms with van der Waals surface area (Å²) in [6.45, 7) is 22.5. The summed E-state index contributed by atoms with van der Waals surface area (Å²) in [5, 5.41) is 0. The molecule has 6 radical (unpaired) electrons. The van der Waals surface area contributed by atoms with Gasteiger partial charge in [0, 0.05) is 49.7 Å². The average Bonchev–Trinajstić information content (AvgIpc) is 3.21. The van der Waals surface area contributed by atoms with Gasteiger partial charge < -0.3 is 0 Å². The van der Waals surface area contributed by atoms with Crippen LogP contribution in [0.2, 0.25) is 0 Å². The van der Waals surface area contributed by atoms with Gasteiger partial charge in [0.05, 0.1) is 0 Å². The van der Waals surface area contributed by atoms with E-state index < -0.39 is 12.4 Å². The van der Waals surface area contributed by atoms with Crippen molar-refractivity contribution in [2.75, 3.05) is 0 Å². The molecule has 27 heavy (non-hydrogen) atoms. The van der Waals surface area contributed by atoms with Gasteiger partial charge in [-0.1, -0.05) is 0 Å². The Morgan fingerprint density at radius 2 is 0.593 bits per heavy atom. The quantitative estimate of drug-likeness (QED) is 0.154. The molecule has 0 aromatic carbocycles. The fourth-order valence-corrected chi connectivity index (χ4v) is 0.462. The van der Waals surface area contributed by atoms with Crippen molar-refractivity contribution in [1.29, 1.82) is 0 Å². The van der Waals surface area contributed by atoms with Crippen molar-refractivity contribution in [2.24, 2.45) is 0 Å². The third-order valence-electron chi connectivity index (χ3n) is 0.902. The monoisotopic (exact) mass is 524 g/mol. The average molecular weight is 522 g/mol. The van der Waals surface area contributed by atoms with Crippen molar-refractivity contribution in [1.82, 2.24) is 0 Å². The van der Waals surface area contributed by atoms with E-state index in [1.54, 1.807) is 0 Å². The van der Waals surface area contributed by atoms with Crippen molar-refractivity contribution in [3.05, 3.63) is 65.4 Å². The minimum Gasteiger partial charge on any atom is -0.0312 e. The van der Waals surface area contributed by atoms with Crippen LogP contribution in [0.3, 0.4) is 0 Å². The number of hydrogen-bond donors (Lipinski definition) is 0. The summed E-state index contributed by atoms with van der Waals surface area (Å²) in [7, 11) is 0. The minimum atomic E-state index is -5.07. The van der Waals surface area contributed by atoms with E-state index >= 15 is 0 Å². The summed E-state index contributed by atoms with van der Waals surface area (Å²) in [6.07, 6.45) is -0.148. The van der Waals surface area contributed by atoms with Crippen LogP contribution >= 0.6 is 0 Å². The van der Waals surface area contributed by atoms with Gasteiger partial charge in [-0.3, -0.25) is 0 Å².